The van der Waals surface area contributed by atoms with Crippen molar-refractivity contribution >= 4 is 34.8 Å². The maximum absolute atomic E-state index is 12.7. The van der Waals surface area contributed by atoms with Crippen LogP contribution in [0.3, 0.4) is 0 Å². The summed E-state index contributed by atoms with van der Waals surface area (Å²) in [5, 5.41) is 13.4. The smallest absolute Gasteiger partial charge is 0.338 e. The highest BCUT2D eigenvalue weighted by atomic mass is 16.6. The summed E-state index contributed by atoms with van der Waals surface area (Å²) < 4.78 is 5.07. The second-order valence-corrected chi connectivity index (χ2v) is 6.26. The van der Waals surface area contributed by atoms with Crippen molar-refractivity contribution in [3.63, 3.8) is 0 Å². The predicted octanol–water partition coefficient (Wildman–Crippen LogP) is 2.52. The number of ether oxygens (including phenoxy) is 1. The lowest BCUT2D eigenvalue weighted by Gasteiger charge is -2.27. The fraction of sp³-hybridized carbons (Fsp3) is 0.211. The number of amides is 2. The molecule has 0 aromatic heterocycles. The van der Waals surface area contributed by atoms with Crippen LogP contribution in [0.5, 0.6) is 0 Å². The molecule has 144 valence electrons. The van der Waals surface area contributed by atoms with Crippen molar-refractivity contribution in [3.8, 4) is 0 Å². The van der Waals surface area contributed by atoms with Crippen LogP contribution < -0.4 is 10.2 Å². The van der Waals surface area contributed by atoms with Crippen molar-refractivity contribution in [3.05, 3.63) is 64.2 Å². The SMILES string of the molecule is CC1CC(=O)Nc2ccccc2N1C(=O)COC(=O)c1ccc([N+](=O)[O-])cc1. The fourth-order valence-corrected chi connectivity index (χ4v) is 2.97. The molecule has 0 saturated carbocycles. The van der Waals surface area contributed by atoms with Crippen LogP contribution in [0.25, 0.3) is 0 Å². The Labute approximate surface area is 160 Å². The minimum atomic E-state index is -0.770. The first-order chi connectivity index (χ1) is 13.4. The molecule has 0 saturated heterocycles. The molecule has 0 fully saturated rings. The molecule has 1 aliphatic rings. The second kappa shape index (κ2) is 7.87. The molecule has 3 rings (SSSR count). The Morgan fingerprint density at radius 1 is 1.21 bits per heavy atom. The van der Waals surface area contributed by atoms with Gasteiger partial charge in [0, 0.05) is 24.6 Å². The highest BCUT2D eigenvalue weighted by molar-refractivity contribution is 6.05. The third kappa shape index (κ3) is 3.98. The van der Waals surface area contributed by atoms with Crippen LogP contribution in [0, 0.1) is 10.1 Å². The van der Waals surface area contributed by atoms with Gasteiger partial charge in [-0.2, -0.15) is 0 Å². The van der Waals surface area contributed by atoms with E-state index in [1.54, 1.807) is 31.2 Å². The summed E-state index contributed by atoms with van der Waals surface area (Å²) in [6.07, 6.45) is 0.108. The number of rotatable bonds is 4. The zero-order valence-corrected chi connectivity index (χ0v) is 15.0. The van der Waals surface area contributed by atoms with Gasteiger partial charge >= 0.3 is 5.97 Å². The molecule has 1 unspecified atom stereocenters. The van der Waals surface area contributed by atoms with Gasteiger partial charge in [-0.1, -0.05) is 12.1 Å². The van der Waals surface area contributed by atoms with Crippen LogP contribution in [-0.2, 0) is 14.3 Å². The van der Waals surface area contributed by atoms with Crippen molar-refractivity contribution in [2.24, 2.45) is 0 Å². The Hall–Kier alpha value is -3.75. The van der Waals surface area contributed by atoms with Crippen LogP contribution in [0.2, 0.25) is 0 Å². The largest absolute Gasteiger partial charge is 0.452 e. The first-order valence-corrected chi connectivity index (χ1v) is 8.49. The molecule has 1 atom stereocenters. The van der Waals surface area contributed by atoms with Crippen LogP contribution >= 0.6 is 0 Å². The van der Waals surface area contributed by atoms with Crippen LogP contribution in [-0.4, -0.2) is 35.4 Å². The lowest BCUT2D eigenvalue weighted by atomic mass is 10.1. The summed E-state index contributed by atoms with van der Waals surface area (Å²) in [5.41, 5.74) is 0.975. The number of fused-ring (bicyclic) bond motifs is 1. The fourth-order valence-electron chi connectivity index (χ4n) is 2.97. The molecule has 9 nitrogen and oxygen atoms in total. The third-order valence-corrected chi connectivity index (χ3v) is 4.27. The van der Waals surface area contributed by atoms with Gasteiger partial charge in [0.25, 0.3) is 11.6 Å². The molecule has 9 heteroatoms. The number of non-ortho nitro benzene ring substituents is 1. The number of hydrogen-bond donors (Lipinski definition) is 1. The number of nitrogens with one attached hydrogen (secondary N) is 1. The summed E-state index contributed by atoms with van der Waals surface area (Å²) in [6.45, 7) is 1.21. The van der Waals surface area contributed by atoms with E-state index in [-0.39, 0.29) is 23.6 Å². The van der Waals surface area contributed by atoms with Crippen molar-refractivity contribution in [2.75, 3.05) is 16.8 Å². The van der Waals surface area contributed by atoms with E-state index in [2.05, 4.69) is 5.32 Å². The van der Waals surface area contributed by atoms with E-state index in [0.29, 0.717) is 11.4 Å². The van der Waals surface area contributed by atoms with Gasteiger partial charge in [-0.25, -0.2) is 4.79 Å². The van der Waals surface area contributed by atoms with Gasteiger partial charge in [-0.15, -0.1) is 0 Å². The Morgan fingerprint density at radius 3 is 2.57 bits per heavy atom. The first-order valence-electron chi connectivity index (χ1n) is 8.49. The molecule has 0 bridgehead atoms. The number of nitro benzene ring substituents is 1. The standard InChI is InChI=1S/C19H17N3O6/c1-12-10-17(23)20-15-4-2-3-5-16(15)21(12)18(24)11-28-19(25)13-6-8-14(9-7-13)22(26)27/h2-9,12H,10-11H2,1H3,(H,20,23). The number of hydrogen-bond acceptors (Lipinski definition) is 6. The summed E-state index contributed by atoms with van der Waals surface area (Å²) >= 11 is 0. The number of esters is 1. The number of benzene rings is 2. The monoisotopic (exact) mass is 383 g/mol. The van der Waals surface area contributed by atoms with Crippen molar-refractivity contribution in [1.82, 2.24) is 0 Å². The van der Waals surface area contributed by atoms with Crippen molar-refractivity contribution < 1.29 is 24.0 Å². The number of nitrogens with zero attached hydrogens (tertiary/aromatic N) is 2. The van der Waals surface area contributed by atoms with Crippen LogP contribution in [0.4, 0.5) is 17.1 Å². The molecule has 2 aromatic carbocycles. The molecule has 28 heavy (non-hydrogen) atoms. The predicted molar refractivity (Wildman–Crippen MR) is 100 cm³/mol. The van der Waals surface area contributed by atoms with Crippen LogP contribution in [0.15, 0.2) is 48.5 Å². The number of carbonyl (C=O) groups is 3. The van der Waals surface area contributed by atoms with E-state index in [1.165, 1.54) is 29.2 Å². The second-order valence-electron chi connectivity index (χ2n) is 6.26. The topological polar surface area (TPSA) is 119 Å². The highest BCUT2D eigenvalue weighted by Crippen LogP contribution is 2.31. The van der Waals surface area contributed by atoms with E-state index in [9.17, 15) is 24.5 Å². The number of nitro groups is 1. The van der Waals surface area contributed by atoms with Gasteiger partial charge in [0.2, 0.25) is 5.91 Å². The molecule has 1 N–H and O–H groups in total. The van der Waals surface area contributed by atoms with Gasteiger partial charge < -0.3 is 15.0 Å². The number of para-hydroxylation sites is 2. The van der Waals surface area contributed by atoms with E-state index < -0.39 is 29.4 Å². The minimum absolute atomic E-state index is 0.0968. The number of carbonyl (C=O) groups excluding carboxylic acids is 3. The Morgan fingerprint density at radius 2 is 1.89 bits per heavy atom. The quantitative estimate of drug-likeness (QED) is 0.492. The molecule has 0 aliphatic carbocycles. The lowest BCUT2D eigenvalue weighted by molar-refractivity contribution is -0.384. The van der Waals surface area contributed by atoms with Crippen molar-refractivity contribution in [2.45, 2.75) is 19.4 Å². The Kier molecular flexibility index (Phi) is 5.35. The number of anilines is 2. The summed E-state index contributed by atoms with van der Waals surface area (Å²) in [4.78, 5) is 48.3. The summed E-state index contributed by atoms with van der Waals surface area (Å²) in [5.74, 6) is -1.46. The van der Waals surface area contributed by atoms with Gasteiger partial charge in [0.1, 0.15) is 0 Å². The van der Waals surface area contributed by atoms with Crippen LogP contribution in [0.1, 0.15) is 23.7 Å². The molecule has 2 amide bonds. The molecule has 2 aromatic rings. The van der Waals surface area contributed by atoms with Gasteiger partial charge in [0.05, 0.1) is 21.9 Å². The maximum Gasteiger partial charge on any atom is 0.338 e. The van der Waals surface area contributed by atoms with E-state index in [1.807, 2.05) is 0 Å². The van der Waals surface area contributed by atoms with Gasteiger partial charge in [0.15, 0.2) is 6.61 Å². The lowest BCUT2D eigenvalue weighted by Crippen LogP contribution is -2.41. The molecule has 1 aliphatic heterocycles. The van der Waals surface area contributed by atoms with E-state index in [0.717, 1.165) is 0 Å². The highest BCUT2D eigenvalue weighted by Gasteiger charge is 2.30. The zero-order valence-electron chi connectivity index (χ0n) is 15.0. The molecule has 0 radical (unpaired) electrons. The molecular formula is C19H17N3O6. The minimum Gasteiger partial charge on any atom is -0.452 e. The van der Waals surface area contributed by atoms with E-state index in [4.69, 9.17) is 4.74 Å². The van der Waals surface area contributed by atoms with E-state index >= 15 is 0 Å². The summed E-state index contributed by atoms with van der Waals surface area (Å²) in [7, 11) is 0. The average molecular weight is 383 g/mol. The van der Waals surface area contributed by atoms with Gasteiger partial charge in [-0.05, 0) is 31.2 Å². The molecule has 0 spiro atoms. The first kappa shape index (κ1) is 19.0. The molecule has 1 heterocycles. The zero-order chi connectivity index (χ0) is 20.3. The summed E-state index contributed by atoms with van der Waals surface area (Å²) in [6, 6.07) is 11.3. The van der Waals surface area contributed by atoms with Gasteiger partial charge in [-0.3, -0.25) is 19.7 Å². The third-order valence-electron chi connectivity index (χ3n) is 4.27. The normalized spacial score (nSPS) is 15.8. The Balaban J connectivity index is 1.72. The van der Waals surface area contributed by atoms with Crippen molar-refractivity contribution in [1.29, 1.82) is 0 Å². The molecular weight excluding hydrogens is 366 g/mol. The maximum atomic E-state index is 12.7. The Bertz CT molecular complexity index is 941. The average Bonchev–Trinajstić information content (AvgIpc) is 2.80.